The van der Waals surface area contributed by atoms with E-state index in [1.54, 1.807) is 60.7 Å². The zero-order chi connectivity index (χ0) is 59.0. The number of terminal acetylenes is 6. The molecule has 0 atom stereocenters. The smallest absolute Gasteiger partial charge is 0.269 e. The fraction of sp³-hybridized carbons (Fsp3) is 0.107. The van der Waals surface area contributed by atoms with Gasteiger partial charge >= 0.3 is 0 Å². The highest BCUT2D eigenvalue weighted by Crippen LogP contribution is 2.33. The average Bonchev–Trinajstić information content (AvgIpc) is 3.56. The van der Waals surface area contributed by atoms with Crippen molar-refractivity contribution in [3.05, 3.63) is 129 Å². The Labute approximate surface area is 459 Å². The van der Waals surface area contributed by atoms with Crippen molar-refractivity contribution in [2.45, 2.75) is 0 Å². The lowest BCUT2D eigenvalue weighted by atomic mass is 10.0. The summed E-state index contributed by atoms with van der Waals surface area (Å²) in [5.41, 5.74) is 15.5. The molecule has 0 aromatic heterocycles. The number of carbonyl (C=O) groups is 6. The summed E-state index contributed by atoms with van der Waals surface area (Å²) >= 11 is 0. The van der Waals surface area contributed by atoms with Gasteiger partial charge in [0, 0.05) is 11.1 Å². The minimum absolute atomic E-state index is 0.0255. The predicted molar refractivity (Wildman–Crippen MR) is 293 cm³/mol. The lowest BCUT2D eigenvalue weighted by Gasteiger charge is -2.14. The number of hydrazine groups is 6. The van der Waals surface area contributed by atoms with E-state index in [2.05, 4.69) is 58.2 Å². The van der Waals surface area contributed by atoms with Gasteiger partial charge in [-0.3, -0.25) is 61.3 Å². The first-order chi connectivity index (χ1) is 38.7. The highest BCUT2D eigenvalue weighted by molar-refractivity contribution is 6.02. The molecule has 0 spiro atoms. The Balaban J connectivity index is 0.000000319. The van der Waals surface area contributed by atoms with Crippen molar-refractivity contribution in [3.8, 4) is 132 Å². The van der Waals surface area contributed by atoms with Crippen LogP contribution in [0, 0.1) is 85.9 Å². The molecule has 80 heavy (non-hydrogen) atoms. The Kier molecular flexibility index (Phi) is 26.1. The van der Waals surface area contributed by atoms with Crippen LogP contribution in [0.25, 0.3) is 11.1 Å². The van der Waals surface area contributed by atoms with E-state index in [0.717, 1.165) is 0 Å². The van der Waals surface area contributed by atoms with Gasteiger partial charge in [-0.2, -0.15) is 0 Å². The van der Waals surface area contributed by atoms with Crippen LogP contribution in [-0.2, 0) is 0 Å². The van der Waals surface area contributed by atoms with Gasteiger partial charge in [-0.15, -0.1) is 38.5 Å². The molecule has 24 nitrogen and oxygen atoms in total. The highest BCUT2D eigenvalue weighted by atomic mass is 16.5. The van der Waals surface area contributed by atoms with Gasteiger partial charge in [-0.25, -0.2) is 35.1 Å². The van der Waals surface area contributed by atoms with E-state index < -0.39 is 35.4 Å². The van der Waals surface area contributed by atoms with Crippen molar-refractivity contribution in [1.29, 1.82) is 0 Å². The molecular weight excluding hydrogens is 1030 g/mol. The van der Waals surface area contributed by atoms with Gasteiger partial charge in [0.2, 0.25) is 0 Å². The molecular formula is C56H50N12O12. The van der Waals surface area contributed by atoms with Gasteiger partial charge in [0.1, 0.15) is 74.1 Å². The van der Waals surface area contributed by atoms with E-state index in [1.165, 1.54) is 24.3 Å². The van der Waals surface area contributed by atoms with Crippen LogP contribution >= 0.6 is 0 Å². The predicted octanol–water partition coefficient (Wildman–Crippen LogP) is -0.180. The third kappa shape index (κ3) is 18.1. The van der Waals surface area contributed by atoms with E-state index in [9.17, 15) is 28.8 Å². The van der Waals surface area contributed by atoms with Crippen molar-refractivity contribution < 1.29 is 57.2 Å². The second-order valence-electron chi connectivity index (χ2n) is 14.7. The van der Waals surface area contributed by atoms with E-state index in [-0.39, 0.29) is 108 Å². The molecule has 0 aliphatic heterocycles. The number of ether oxygens (including phenoxy) is 6. The van der Waals surface area contributed by atoms with Crippen LogP contribution in [0.4, 0.5) is 0 Å². The van der Waals surface area contributed by atoms with Crippen molar-refractivity contribution in [2.24, 2.45) is 35.1 Å². The van der Waals surface area contributed by atoms with Gasteiger partial charge in [0.25, 0.3) is 35.4 Å². The summed E-state index contributed by atoms with van der Waals surface area (Å²) in [5.74, 6) is 48.4. The van der Waals surface area contributed by atoms with Crippen LogP contribution in [0.3, 0.4) is 0 Å². The molecule has 0 aliphatic rings. The molecule has 18 N–H and O–H groups in total. The monoisotopic (exact) mass is 1080 g/mol. The fourth-order valence-electron chi connectivity index (χ4n) is 6.31. The topological polar surface area (TPSA) is 386 Å². The number of hydrogen-bond donors (Lipinski definition) is 12. The van der Waals surface area contributed by atoms with E-state index in [0.29, 0.717) is 22.3 Å². The maximum absolute atomic E-state index is 11.9. The molecule has 6 amide bonds. The summed E-state index contributed by atoms with van der Waals surface area (Å²) < 4.78 is 32.2. The number of rotatable bonds is 19. The second kappa shape index (κ2) is 33.3. The van der Waals surface area contributed by atoms with Crippen molar-refractivity contribution in [1.82, 2.24) is 32.6 Å². The van der Waals surface area contributed by atoms with Crippen LogP contribution in [0.2, 0.25) is 0 Å². The van der Waals surface area contributed by atoms with Crippen LogP contribution in [0.15, 0.2) is 84.9 Å². The quantitative estimate of drug-likeness (QED) is 0.0221. The van der Waals surface area contributed by atoms with Gasteiger partial charge < -0.3 is 28.4 Å². The summed E-state index contributed by atoms with van der Waals surface area (Å²) in [6.45, 7) is -0.330. The fourth-order valence-corrected chi connectivity index (χ4v) is 6.31. The SMILES string of the molecule is C#CCOc1cc(-c2ccc(C(=O)NN)c(OCC#C)c2)ccc1C(=O)NN.C#CCOc1cc(C#Cc2ccc(C(=O)NN)c(OCC#C)c2)ccc1C(=O)NN.C#CCOc1cc(C(=O)NN)c(OCC#C)cc1C(=O)NN. The van der Waals surface area contributed by atoms with Crippen LogP contribution in [0.1, 0.15) is 73.3 Å². The molecule has 406 valence electrons. The third-order valence-corrected chi connectivity index (χ3v) is 9.81. The van der Waals surface area contributed by atoms with Crippen molar-refractivity contribution in [2.75, 3.05) is 39.6 Å². The molecule has 5 rings (SSSR count). The lowest BCUT2D eigenvalue weighted by molar-refractivity contribution is 0.0935. The first-order valence-corrected chi connectivity index (χ1v) is 22.4. The molecule has 5 aromatic carbocycles. The normalized spacial score (nSPS) is 9.30. The average molecular weight is 1080 g/mol. The molecule has 0 radical (unpaired) electrons. The number of nitrogen functional groups attached to an aromatic ring is 6. The standard InChI is InChI=1S/C22H18N4O4.C20H18N4O4.C14H14N4O4/c1-3-11-29-19-13-15(7-9-17(19)21(27)25-23)5-6-16-8-10-18(22(28)26-24)20(14-16)30-12-4-2;1-3-9-27-17-11-13(5-7-15(17)19(25)23-21)14-6-8-16(20(26)24-22)18(12-14)28-10-4-2;1-3-5-21-11-7-10(14(20)18-16)12(22-6-4-2)8-9(11)13(19)17-15/h1-2,7-10,13-14H,11-12,23-24H2,(H,25,27)(H,26,28);1-2,5-8,11-12H,9-10,21-22H2,(H,23,25)(H,24,26);1-2,7-8H,5-6,15-16H2,(H,17,19)(H,18,20). The Hall–Kier alpha value is -11.6. The van der Waals surface area contributed by atoms with Gasteiger partial charge in [0.15, 0.2) is 0 Å². The molecule has 0 saturated carbocycles. The van der Waals surface area contributed by atoms with E-state index in [1.807, 2.05) is 21.7 Å². The van der Waals surface area contributed by atoms with Gasteiger partial charge in [0.05, 0.1) is 33.4 Å². The van der Waals surface area contributed by atoms with Crippen molar-refractivity contribution in [3.63, 3.8) is 0 Å². The Morgan fingerprint density at radius 3 is 0.762 bits per heavy atom. The number of nitrogens with one attached hydrogen (secondary N) is 6. The summed E-state index contributed by atoms with van der Waals surface area (Å²) in [5, 5.41) is 0. The molecule has 24 heteroatoms. The van der Waals surface area contributed by atoms with Gasteiger partial charge in [-0.1, -0.05) is 59.5 Å². The number of benzene rings is 5. The minimum atomic E-state index is -0.655. The zero-order valence-corrected chi connectivity index (χ0v) is 42.2. The third-order valence-electron chi connectivity index (χ3n) is 9.81. The maximum atomic E-state index is 11.9. The molecule has 0 saturated heterocycles. The molecule has 0 bridgehead atoms. The first kappa shape index (κ1) is 62.7. The Morgan fingerprint density at radius 2 is 0.525 bits per heavy atom. The largest absolute Gasteiger partial charge is 0.480 e. The van der Waals surface area contributed by atoms with Crippen molar-refractivity contribution >= 4 is 35.4 Å². The number of amides is 6. The van der Waals surface area contributed by atoms with E-state index in [4.69, 9.17) is 102 Å². The minimum Gasteiger partial charge on any atom is -0.480 e. The molecule has 0 aliphatic carbocycles. The lowest BCUT2D eigenvalue weighted by Crippen LogP contribution is -2.32. The van der Waals surface area contributed by atoms with Crippen LogP contribution in [0.5, 0.6) is 34.5 Å². The summed E-state index contributed by atoms with van der Waals surface area (Å²) in [4.78, 5) is 71.1. The summed E-state index contributed by atoms with van der Waals surface area (Å²) in [6.07, 6.45) is 31.1. The Morgan fingerprint density at radius 1 is 0.312 bits per heavy atom. The Bertz CT molecular complexity index is 3220. The number of hydrogen-bond acceptors (Lipinski definition) is 18. The summed E-state index contributed by atoms with van der Waals surface area (Å²) in [6, 6.07) is 21.7. The first-order valence-electron chi connectivity index (χ1n) is 22.4. The highest BCUT2D eigenvalue weighted by Gasteiger charge is 2.22. The molecule has 5 aromatic rings. The molecule has 0 heterocycles. The molecule has 0 fully saturated rings. The molecule has 0 unspecified atom stereocenters. The second-order valence-corrected chi connectivity index (χ2v) is 14.7. The van der Waals surface area contributed by atoms with Crippen LogP contribution in [-0.4, -0.2) is 75.1 Å². The van der Waals surface area contributed by atoms with Crippen LogP contribution < -0.4 is 96.0 Å². The maximum Gasteiger partial charge on any atom is 0.269 e. The zero-order valence-electron chi connectivity index (χ0n) is 42.2. The number of nitrogens with two attached hydrogens (primary N) is 6. The summed E-state index contributed by atoms with van der Waals surface area (Å²) in [7, 11) is 0. The van der Waals surface area contributed by atoms with Gasteiger partial charge in [-0.05, 0) is 83.9 Å². The van der Waals surface area contributed by atoms with E-state index >= 15 is 0 Å². The number of carbonyl (C=O) groups excluding carboxylic acids is 6.